The lowest BCUT2D eigenvalue weighted by atomic mass is 10.1. The first kappa shape index (κ1) is 20.9. The quantitative estimate of drug-likeness (QED) is 0.688. The maximum Gasteiger partial charge on any atom is 0.418 e. The van der Waals surface area contributed by atoms with Gasteiger partial charge in [-0.25, -0.2) is 8.42 Å². The molecule has 0 atom stereocenters. The third-order valence-corrected chi connectivity index (χ3v) is 7.33. The highest BCUT2D eigenvalue weighted by molar-refractivity contribution is 9.11. The molecule has 0 spiro atoms. The number of thiophene rings is 1. The predicted molar refractivity (Wildman–Crippen MR) is 96.5 cm³/mol. The summed E-state index contributed by atoms with van der Waals surface area (Å²) < 4.78 is 65.6. The van der Waals surface area contributed by atoms with E-state index in [0.717, 1.165) is 27.8 Å². The summed E-state index contributed by atoms with van der Waals surface area (Å²) >= 11 is 4.15. The minimum atomic E-state index is -4.64. The predicted octanol–water partition coefficient (Wildman–Crippen LogP) is 4.18. The maximum absolute atomic E-state index is 13.0. The Hall–Kier alpha value is -1.43. The van der Waals surface area contributed by atoms with Crippen molar-refractivity contribution in [1.82, 2.24) is 4.31 Å². The Labute approximate surface area is 161 Å². The second kappa shape index (κ2) is 8.07. The van der Waals surface area contributed by atoms with Crippen LogP contribution in [0.3, 0.4) is 0 Å². The average Bonchev–Trinajstić information content (AvgIpc) is 2.99. The van der Waals surface area contributed by atoms with Gasteiger partial charge in [-0.05, 0) is 40.2 Å². The van der Waals surface area contributed by atoms with Crippen LogP contribution in [0.5, 0.6) is 0 Å². The van der Waals surface area contributed by atoms with Crippen LogP contribution in [0.4, 0.5) is 18.9 Å². The fourth-order valence-electron chi connectivity index (χ4n) is 2.12. The van der Waals surface area contributed by atoms with Gasteiger partial charge in [0.2, 0.25) is 5.91 Å². The Morgan fingerprint density at radius 2 is 1.88 bits per heavy atom. The zero-order valence-electron chi connectivity index (χ0n) is 13.4. The molecule has 5 nitrogen and oxygen atoms in total. The van der Waals surface area contributed by atoms with Crippen LogP contribution in [-0.2, 0) is 21.0 Å². The van der Waals surface area contributed by atoms with E-state index in [4.69, 9.17) is 0 Å². The number of alkyl halides is 3. The number of benzene rings is 1. The number of hydrogen-bond donors (Lipinski definition) is 1. The van der Waals surface area contributed by atoms with Gasteiger partial charge in [0, 0.05) is 6.54 Å². The van der Waals surface area contributed by atoms with E-state index in [1.807, 2.05) is 0 Å². The first-order chi connectivity index (χ1) is 12.1. The summed E-state index contributed by atoms with van der Waals surface area (Å²) in [7, 11) is -3.92. The number of sulfonamides is 1. The number of amides is 1. The fourth-order valence-corrected chi connectivity index (χ4v) is 5.69. The van der Waals surface area contributed by atoms with E-state index in [1.54, 1.807) is 6.07 Å². The number of carbonyl (C=O) groups excluding carboxylic acids is 1. The Kier molecular flexibility index (Phi) is 6.48. The van der Waals surface area contributed by atoms with Gasteiger partial charge in [0.15, 0.2) is 0 Å². The Morgan fingerprint density at radius 1 is 1.23 bits per heavy atom. The highest BCUT2D eigenvalue weighted by atomic mass is 79.9. The molecule has 1 N–H and O–H groups in total. The van der Waals surface area contributed by atoms with E-state index in [-0.39, 0.29) is 10.8 Å². The van der Waals surface area contributed by atoms with E-state index >= 15 is 0 Å². The molecule has 26 heavy (non-hydrogen) atoms. The molecule has 2 rings (SSSR count). The van der Waals surface area contributed by atoms with Crippen LogP contribution in [0.2, 0.25) is 0 Å². The van der Waals surface area contributed by atoms with Crippen LogP contribution in [0, 0.1) is 0 Å². The van der Waals surface area contributed by atoms with Crippen molar-refractivity contribution in [3.8, 4) is 0 Å². The first-order valence-electron chi connectivity index (χ1n) is 7.27. The molecule has 11 heteroatoms. The number of hydrogen-bond acceptors (Lipinski definition) is 4. The number of nitrogens with one attached hydrogen (secondary N) is 1. The van der Waals surface area contributed by atoms with Gasteiger partial charge in [0.25, 0.3) is 10.0 Å². The molecule has 1 aromatic heterocycles. The van der Waals surface area contributed by atoms with Gasteiger partial charge in [-0.15, -0.1) is 11.3 Å². The molecular weight excluding hydrogens is 457 g/mol. The first-order valence-corrected chi connectivity index (χ1v) is 10.3. The van der Waals surface area contributed by atoms with Crippen molar-refractivity contribution < 1.29 is 26.4 Å². The van der Waals surface area contributed by atoms with Crippen molar-refractivity contribution in [2.24, 2.45) is 0 Å². The van der Waals surface area contributed by atoms with E-state index in [2.05, 4.69) is 21.2 Å². The topological polar surface area (TPSA) is 66.5 Å². The van der Waals surface area contributed by atoms with Gasteiger partial charge in [0.05, 0.1) is 21.6 Å². The molecule has 0 bridgehead atoms. The summed E-state index contributed by atoms with van der Waals surface area (Å²) in [6.45, 7) is 0.934. The molecule has 0 saturated carbocycles. The standard InChI is InChI=1S/C15H14BrF3N2O3S2/c1-2-21(26(23,24)14-8-7-12(16)25-14)9-13(22)20-11-6-4-3-5-10(11)15(17,18)19/h3-8H,2,9H2,1H3,(H,20,22). The van der Waals surface area contributed by atoms with Gasteiger partial charge in [-0.1, -0.05) is 19.1 Å². The Bertz CT molecular complexity index is 898. The zero-order chi connectivity index (χ0) is 19.5. The van der Waals surface area contributed by atoms with E-state index in [0.29, 0.717) is 3.79 Å². The molecule has 0 unspecified atom stereocenters. The molecule has 142 valence electrons. The van der Waals surface area contributed by atoms with Crippen LogP contribution in [0.1, 0.15) is 12.5 Å². The summed E-state index contributed by atoms with van der Waals surface area (Å²) in [5.41, 5.74) is -1.42. The van der Waals surface area contributed by atoms with Gasteiger partial charge >= 0.3 is 6.18 Å². The van der Waals surface area contributed by atoms with Gasteiger partial charge in [-0.3, -0.25) is 4.79 Å². The summed E-state index contributed by atoms with van der Waals surface area (Å²) in [5, 5.41) is 2.14. The number of halogens is 4. The lowest BCUT2D eigenvalue weighted by Crippen LogP contribution is -2.37. The summed E-state index contributed by atoms with van der Waals surface area (Å²) in [6, 6.07) is 7.46. The van der Waals surface area contributed by atoms with Crippen LogP contribution < -0.4 is 5.32 Å². The largest absolute Gasteiger partial charge is 0.418 e. The summed E-state index contributed by atoms with van der Waals surface area (Å²) in [4.78, 5) is 12.2. The Balaban J connectivity index is 2.19. The number of anilines is 1. The highest BCUT2D eigenvalue weighted by Crippen LogP contribution is 2.34. The van der Waals surface area contributed by atoms with Crippen molar-refractivity contribution in [1.29, 1.82) is 0 Å². The molecule has 0 fully saturated rings. The summed E-state index contributed by atoms with van der Waals surface area (Å²) in [5.74, 6) is -0.859. The maximum atomic E-state index is 13.0. The zero-order valence-corrected chi connectivity index (χ0v) is 16.6. The van der Waals surface area contributed by atoms with Gasteiger partial charge in [0.1, 0.15) is 4.21 Å². The number of rotatable bonds is 6. The Morgan fingerprint density at radius 3 is 2.42 bits per heavy atom. The molecule has 1 amide bonds. The van der Waals surface area contributed by atoms with E-state index < -0.39 is 39.9 Å². The molecular formula is C15H14BrF3N2O3S2. The normalized spacial score (nSPS) is 12.4. The lowest BCUT2D eigenvalue weighted by Gasteiger charge is -2.20. The third-order valence-electron chi connectivity index (χ3n) is 3.32. The molecule has 0 aliphatic rings. The fraction of sp³-hybridized carbons (Fsp3) is 0.267. The molecule has 1 aromatic carbocycles. The monoisotopic (exact) mass is 470 g/mol. The summed E-state index contributed by atoms with van der Waals surface area (Å²) in [6.07, 6.45) is -4.64. The number of para-hydroxylation sites is 1. The van der Waals surface area contributed by atoms with E-state index in [1.165, 1.54) is 25.1 Å². The second-order valence-electron chi connectivity index (χ2n) is 5.08. The number of likely N-dealkylation sites (N-methyl/N-ethyl adjacent to an activating group) is 1. The molecule has 0 radical (unpaired) electrons. The highest BCUT2D eigenvalue weighted by Gasteiger charge is 2.34. The van der Waals surface area contributed by atoms with Crippen LogP contribution in [-0.4, -0.2) is 31.7 Å². The van der Waals surface area contributed by atoms with Crippen LogP contribution >= 0.6 is 27.3 Å². The van der Waals surface area contributed by atoms with Crippen molar-refractivity contribution >= 4 is 48.9 Å². The third kappa shape index (κ3) is 4.84. The minimum absolute atomic E-state index is 0.00775. The lowest BCUT2D eigenvalue weighted by molar-refractivity contribution is -0.137. The van der Waals surface area contributed by atoms with Crippen molar-refractivity contribution in [2.75, 3.05) is 18.4 Å². The number of carbonyl (C=O) groups is 1. The van der Waals surface area contributed by atoms with Crippen LogP contribution in [0.15, 0.2) is 44.4 Å². The minimum Gasteiger partial charge on any atom is -0.324 e. The van der Waals surface area contributed by atoms with Gasteiger partial charge < -0.3 is 5.32 Å². The molecule has 0 saturated heterocycles. The van der Waals surface area contributed by atoms with Gasteiger partial charge in [-0.2, -0.15) is 17.5 Å². The molecule has 0 aliphatic heterocycles. The molecule has 1 heterocycles. The second-order valence-corrected chi connectivity index (χ2v) is 9.71. The average molecular weight is 471 g/mol. The van der Waals surface area contributed by atoms with Crippen molar-refractivity contribution in [3.05, 3.63) is 45.7 Å². The number of nitrogens with zero attached hydrogens (tertiary/aromatic N) is 1. The smallest absolute Gasteiger partial charge is 0.324 e. The van der Waals surface area contributed by atoms with Crippen molar-refractivity contribution in [2.45, 2.75) is 17.3 Å². The van der Waals surface area contributed by atoms with E-state index in [9.17, 15) is 26.4 Å². The molecule has 0 aliphatic carbocycles. The molecule has 2 aromatic rings. The SMILES string of the molecule is CCN(CC(=O)Nc1ccccc1C(F)(F)F)S(=O)(=O)c1ccc(Br)s1. The van der Waals surface area contributed by atoms with Crippen molar-refractivity contribution in [3.63, 3.8) is 0 Å². The van der Waals surface area contributed by atoms with Crippen LogP contribution in [0.25, 0.3) is 0 Å².